The second kappa shape index (κ2) is 7.57. The van der Waals surface area contributed by atoms with Gasteiger partial charge < -0.3 is 14.9 Å². The minimum Gasteiger partial charge on any atom is -0.497 e. The average Bonchev–Trinajstić information content (AvgIpc) is 2.38. The fourth-order valence-corrected chi connectivity index (χ4v) is 2.49. The zero-order chi connectivity index (χ0) is 13.0. The molecule has 0 spiro atoms. The van der Waals surface area contributed by atoms with Crippen LogP contribution in [0.15, 0.2) is 33.5 Å². The largest absolute Gasteiger partial charge is 0.497 e. The van der Waals surface area contributed by atoms with Crippen LogP contribution in [-0.2, 0) is 5.75 Å². The first-order valence-corrected chi connectivity index (χ1v) is 6.78. The molecule has 6 heteroatoms. The van der Waals surface area contributed by atoms with Crippen molar-refractivity contribution in [1.82, 2.24) is 0 Å². The van der Waals surface area contributed by atoms with Gasteiger partial charge in [-0.1, -0.05) is 0 Å². The molecule has 1 heterocycles. The van der Waals surface area contributed by atoms with E-state index in [1.165, 1.54) is 0 Å². The van der Waals surface area contributed by atoms with E-state index in [0.717, 1.165) is 22.5 Å². The van der Waals surface area contributed by atoms with Crippen molar-refractivity contribution in [3.05, 3.63) is 40.2 Å². The van der Waals surface area contributed by atoms with Crippen molar-refractivity contribution in [1.29, 1.82) is 0 Å². The molecule has 0 aliphatic rings. The Bertz CT molecular complexity index is 600. The minimum atomic E-state index is -0.334. The second-order valence-corrected chi connectivity index (χ2v) is 4.90. The molecular weight excluding hydrogens is 330 g/mol. The normalized spacial score (nSPS) is 10.2. The van der Waals surface area contributed by atoms with Crippen LogP contribution in [0.25, 0.3) is 11.0 Å². The van der Waals surface area contributed by atoms with Crippen molar-refractivity contribution in [2.24, 2.45) is 5.73 Å². The standard InChI is InChI=1S/C13H15NO3S.BrH/c1-16-10-2-3-11-9(8-18-5-4-14)6-13(15)17-12(11)7-10;/h2-3,6-7H,4-5,8,14H2,1H3;1H. The summed E-state index contributed by atoms with van der Waals surface area (Å²) in [5.41, 5.74) is 6.66. The Morgan fingerprint density at radius 3 is 2.84 bits per heavy atom. The third-order valence-corrected chi connectivity index (χ3v) is 3.60. The van der Waals surface area contributed by atoms with E-state index in [1.54, 1.807) is 31.0 Å². The summed E-state index contributed by atoms with van der Waals surface area (Å²) in [5, 5.41) is 0.944. The van der Waals surface area contributed by atoms with E-state index in [2.05, 4.69) is 0 Å². The van der Waals surface area contributed by atoms with Gasteiger partial charge in [-0.3, -0.25) is 0 Å². The van der Waals surface area contributed by atoms with Gasteiger partial charge in [0.25, 0.3) is 0 Å². The molecule has 0 aliphatic heterocycles. The van der Waals surface area contributed by atoms with E-state index < -0.39 is 0 Å². The first-order chi connectivity index (χ1) is 8.74. The van der Waals surface area contributed by atoms with E-state index in [0.29, 0.717) is 17.9 Å². The highest BCUT2D eigenvalue weighted by molar-refractivity contribution is 8.93. The summed E-state index contributed by atoms with van der Waals surface area (Å²) in [6, 6.07) is 7.04. The lowest BCUT2D eigenvalue weighted by Crippen LogP contribution is -2.03. The number of hydrogen-bond acceptors (Lipinski definition) is 5. The van der Waals surface area contributed by atoms with E-state index in [-0.39, 0.29) is 22.6 Å². The predicted octanol–water partition coefficient (Wildman–Crippen LogP) is 2.57. The van der Waals surface area contributed by atoms with Crippen LogP contribution in [0.2, 0.25) is 0 Å². The molecule has 104 valence electrons. The number of methoxy groups -OCH3 is 1. The van der Waals surface area contributed by atoms with Crippen molar-refractivity contribution in [3.8, 4) is 5.75 Å². The van der Waals surface area contributed by atoms with Crippen LogP contribution in [0.4, 0.5) is 0 Å². The van der Waals surface area contributed by atoms with Crippen molar-refractivity contribution < 1.29 is 9.15 Å². The second-order valence-electron chi connectivity index (χ2n) is 3.79. The molecule has 0 bridgehead atoms. The maximum absolute atomic E-state index is 11.5. The zero-order valence-electron chi connectivity index (χ0n) is 10.5. The summed E-state index contributed by atoms with van der Waals surface area (Å²) in [7, 11) is 1.58. The van der Waals surface area contributed by atoms with Gasteiger partial charge in [0, 0.05) is 35.6 Å². The molecule has 0 radical (unpaired) electrons. The summed E-state index contributed by atoms with van der Waals surface area (Å²) >= 11 is 1.70. The van der Waals surface area contributed by atoms with Gasteiger partial charge in [0.1, 0.15) is 11.3 Å². The van der Waals surface area contributed by atoms with Gasteiger partial charge in [0.2, 0.25) is 0 Å². The summed E-state index contributed by atoms with van der Waals surface area (Å²) < 4.78 is 10.3. The summed E-state index contributed by atoms with van der Waals surface area (Å²) in [5.74, 6) is 2.31. The molecule has 1 aromatic carbocycles. The highest BCUT2D eigenvalue weighted by Crippen LogP contribution is 2.24. The first kappa shape index (κ1) is 16.1. The summed E-state index contributed by atoms with van der Waals surface area (Å²) in [4.78, 5) is 11.5. The Morgan fingerprint density at radius 1 is 1.37 bits per heavy atom. The van der Waals surface area contributed by atoms with Crippen LogP contribution in [0.3, 0.4) is 0 Å². The van der Waals surface area contributed by atoms with Crippen LogP contribution in [0, 0.1) is 0 Å². The lowest BCUT2D eigenvalue weighted by Gasteiger charge is -2.06. The van der Waals surface area contributed by atoms with Crippen molar-refractivity contribution >= 4 is 39.7 Å². The summed E-state index contributed by atoms with van der Waals surface area (Å²) in [6.45, 7) is 0.637. The maximum Gasteiger partial charge on any atom is 0.336 e. The number of fused-ring (bicyclic) bond motifs is 1. The minimum absolute atomic E-state index is 0. The lowest BCUT2D eigenvalue weighted by molar-refractivity contribution is 0.414. The molecular formula is C13H16BrNO3S. The smallest absolute Gasteiger partial charge is 0.336 e. The maximum atomic E-state index is 11.5. The number of hydrogen-bond donors (Lipinski definition) is 1. The first-order valence-electron chi connectivity index (χ1n) is 5.63. The molecule has 2 N–H and O–H groups in total. The molecule has 0 saturated carbocycles. The van der Waals surface area contributed by atoms with Gasteiger partial charge >= 0.3 is 5.63 Å². The van der Waals surface area contributed by atoms with Gasteiger partial charge in [-0.25, -0.2) is 4.79 Å². The highest BCUT2D eigenvalue weighted by Gasteiger charge is 2.06. The Kier molecular flexibility index (Phi) is 6.41. The van der Waals surface area contributed by atoms with Crippen LogP contribution < -0.4 is 16.1 Å². The van der Waals surface area contributed by atoms with Crippen molar-refractivity contribution in [2.45, 2.75) is 5.75 Å². The monoisotopic (exact) mass is 345 g/mol. The molecule has 0 atom stereocenters. The van der Waals surface area contributed by atoms with E-state index in [9.17, 15) is 4.79 Å². The van der Waals surface area contributed by atoms with Crippen molar-refractivity contribution in [3.63, 3.8) is 0 Å². The van der Waals surface area contributed by atoms with Gasteiger partial charge in [0.15, 0.2) is 0 Å². The molecule has 19 heavy (non-hydrogen) atoms. The molecule has 0 aliphatic carbocycles. The highest BCUT2D eigenvalue weighted by atomic mass is 79.9. The van der Waals surface area contributed by atoms with Gasteiger partial charge in [-0.15, -0.1) is 17.0 Å². The van der Waals surface area contributed by atoms with Crippen LogP contribution in [-0.4, -0.2) is 19.4 Å². The molecule has 1 aromatic heterocycles. The van der Waals surface area contributed by atoms with E-state index >= 15 is 0 Å². The third-order valence-electron chi connectivity index (χ3n) is 2.56. The average molecular weight is 346 g/mol. The van der Waals surface area contributed by atoms with Crippen LogP contribution >= 0.6 is 28.7 Å². The quantitative estimate of drug-likeness (QED) is 0.666. The molecule has 2 rings (SSSR count). The fourth-order valence-electron chi connectivity index (χ4n) is 1.72. The number of benzene rings is 1. The molecule has 0 saturated heterocycles. The molecule has 2 aromatic rings. The Balaban J connectivity index is 0.00000180. The molecule has 4 nitrogen and oxygen atoms in total. The van der Waals surface area contributed by atoms with Gasteiger partial charge in [-0.2, -0.15) is 11.8 Å². The van der Waals surface area contributed by atoms with Crippen LogP contribution in [0.5, 0.6) is 5.75 Å². The van der Waals surface area contributed by atoms with E-state index in [4.69, 9.17) is 14.9 Å². The number of halogens is 1. The lowest BCUT2D eigenvalue weighted by atomic mass is 10.1. The topological polar surface area (TPSA) is 65.5 Å². The summed E-state index contributed by atoms with van der Waals surface area (Å²) in [6.07, 6.45) is 0. The fraction of sp³-hybridized carbons (Fsp3) is 0.308. The van der Waals surface area contributed by atoms with E-state index in [1.807, 2.05) is 12.1 Å². The number of nitrogens with two attached hydrogens (primary N) is 1. The Morgan fingerprint density at radius 2 is 2.16 bits per heavy atom. The third kappa shape index (κ3) is 3.99. The predicted molar refractivity (Wildman–Crippen MR) is 84.6 cm³/mol. The number of rotatable bonds is 5. The SMILES string of the molecule is Br.COc1ccc2c(CSCCN)cc(=O)oc2c1. The van der Waals surface area contributed by atoms with Gasteiger partial charge in [0.05, 0.1) is 7.11 Å². The van der Waals surface area contributed by atoms with Crippen molar-refractivity contribution in [2.75, 3.05) is 19.4 Å². The van der Waals surface area contributed by atoms with Crippen LogP contribution in [0.1, 0.15) is 5.56 Å². The number of thioether (sulfide) groups is 1. The Hall–Kier alpha value is -0.980. The molecule has 0 unspecified atom stereocenters. The molecule has 0 amide bonds. The zero-order valence-corrected chi connectivity index (χ0v) is 13.1. The molecule has 0 fully saturated rings. The number of ether oxygens (including phenoxy) is 1. The van der Waals surface area contributed by atoms with Gasteiger partial charge in [-0.05, 0) is 17.7 Å². The Labute approximate surface area is 126 Å².